The fraction of sp³-hybridized carbons (Fsp3) is 0. The fourth-order valence-corrected chi connectivity index (χ4v) is 1.30. The van der Waals surface area contributed by atoms with Crippen LogP contribution in [-0.4, -0.2) is 9.97 Å². The summed E-state index contributed by atoms with van der Waals surface area (Å²) in [4.78, 5) is 7.66. The van der Waals surface area contributed by atoms with Crippen LogP contribution in [0.25, 0.3) is 0 Å². The lowest BCUT2D eigenvalue weighted by Gasteiger charge is -2.06. The van der Waals surface area contributed by atoms with Crippen LogP contribution in [0.4, 0.5) is 21.6 Å². The number of rotatable bonds is 2. The summed E-state index contributed by atoms with van der Waals surface area (Å²) < 4.78 is 13.1. The first kappa shape index (κ1) is 10.6. The molecule has 0 fully saturated rings. The van der Waals surface area contributed by atoms with Crippen molar-refractivity contribution < 1.29 is 4.39 Å². The second-order valence-corrected chi connectivity index (χ2v) is 3.47. The molecule has 0 spiro atoms. The Kier molecular flexibility index (Phi) is 2.87. The highest BCUT2D eigenvalue weighted by Crippen LogP contribution is 2.20. The predicted molar refractivity (Wildman–Crippen MR) is 61.1 cm³/mol. The molecule has 0 saturated carbocycles. The highest BCUT2D eigenvalue weighted by Gasteiger charge is 2.01. The number of anilines is 3. The van der Waals surface area contributed by atoms with Gasteiger partial charge in [-0.25, -0.2) is 14.4 Å². The van der Waals surface area contributed by atoms with E-state index in [1.54, 1.807) is 6.07 Å². The van der Waals surface area contributed by atoms with Crippen LogP contribution in [0, 0.1) is 5.82 Å². The normalized spacial score (nSPS) is 10.1. The van der Waals surface area contributed by atoms with Gasteiger partial charge in [0.1, 0.15) is 23.1 Å². The van der Waals surface area contributed by atoms with Crippen LogP contribution in [0.15, 0.2) is 30.6 Å². The minimum absolute atomic E-state index is 0.103. The molecule has 0 saturated heterocycles. The molecule has 1 aromatic carbocycles. The Morgan fingerprint density at radius 1 is 1.25 bits per heavy atom. The number of nitrogens with one attached hydrogen (secondary N) is 1. The van der Waals surface area contributed by atoms with Gasteiger partial charge in [-0.1, -0.05) is 11.6 Å². The van der Waals surface area contributed by atoms with Gasteiger partial charge in [-0.15, -0.1) is 0 Å². The first-order valence-electron chi connectivity index (χ1n) is 4.45. The molecule has 4 nitrogen and oxygen atoms in total. The Labute approximate surface area is 96.3 Å². The van der Waals surface area contributed by atoms with Gasteiger partial charge < -0.3 is 11.1 Å². The van der Waals surface area contributed by atoms with Crippen molar-refractivity contribution in [3.8, 4) is 0 Å². The Balaban J connectivity index is 2.24. The second-order valence-electron chi connectivity index (χ2n) is 3.09. The van der Waals surface area contributed by atoms with E-state index in [0.717, 1.165) is 0 Å². The molecule has 0 unspecified atom stereocenters. The van der Waals surface area contributed by atoms with E-state index in [-0.39, 0.29) is 5.69 Å². The van der Waals surface area contributed by atoms with Gasteiger partial charge in [-0.2, -0.15) is 0 Å². The number of nitrogens with two attached hydrogens (primary N) is 1. The third-order valence-electron chi connectivity index (χ3n) is 1.91. The lowest BCUT2D eigenvalue weighted by molar-refractivity contribution is 0.633. The molecule has 1 heterocycles. The standard InChI is InChI=1S/C10H8ClFN4/c11-9-4-10(15-5-14-9)16-6-1-2-8(13)7(12)3-6/h1-5H,13H2,(H,14,15,16). The zero-order valence-electron chi connectivity index (χ0n) is 8.11. The molecular weight excluding hydrogens is 231 g/mol. The van der Waals surface area contributed by atoms with Gasteiger partial charge in [0.05, 0.1) is 5.69 Å². The van der Waals surface area contributed by atoms with Crippen LogP contribution in [0.1, 0.15) is 0 Å². The van der Waals surface area contributed by atoms with Crippen LogP contribution in [-0.2, 0) is 0 Å². The average molecular weight is 239 g/mol. The zero-order chi connectivity index (χ0) is 11.5. The Morgan fingerprint density at radius 2 is 2.06 bits per heavy atom. The number of halogens is 2. The maximum atomic E-state index is 13.1. The molecule has 0 aliphatic rings. The Hall–Kier alpha value is -1.88. The molecule has 0 aliphatic carbocycles. The molecule has 0 aliphatic heterocycles. The summed E-state index contributed by atoms with van der Waals surface area (Å²) in [7, 11) is 0. The van der Waals surface area contributed by atoms with Crippen LogP contribution in [0.3, 0.4) is 0 Å². The summed E-state index contributed by atoms with van der Waals surface area (Å²) in [5, 5.41) is 3.20. The minimum Gasteiger partial charge on any atom is -0.396 e. The monoisotopic (exact) mass is 238 g/mol. The van der Waals surface area contributed by atoms with E-state index in [1.165, 1.54) is 24.5 Å². The van der Waals surface area contributed by atoms with Crippen LogP contribution >= 0.6 is 11.6 Å². The maximum absolute atomic E-state index is 13.1. The van der Waals surface area contributed by atoms with Gasteiger partial charge in [0.25, 0.3) is 0 Å². The lowest BCUT2D eigenvalue weighted by Crippen LogP contribution is -1.96. The molecule has 2 rings (SSSR count). The first-order valence-corrected chi connectivity index (χ1v) is 4.82. The summed E-state index contributed by atoms with van der Waals surface area (Å²) in [6.45, 7) is 0. The van der Waals surface area contributed by atoms with Crippen molar-refractivity contribution in [2.45, 2.75) is 0 Å². The quantitative estimate of drug-likeness (QED) is 0.624. The van der Waals surface area contributed by atoms with Crippen molar-refractivity contribution >= 4 is 28.8 Å². The first-order chi connectivity index (χ1) is 7.65. The average Bonchev–Trinajstić information content (AvgIpc) is 2.24. The fourth-order valence-electron chi connectivity index (χ4n) is 1.15. The van der Waals surface area contributed by atoms with E-state index in [1.807, 2.05) is 0 Å². The predicted octanol–water partition coefficient (Wildman–Crippen LogP) is 2.59. The van der Waals surface area contributed by atoms with Gasteiger partial charge in [-0.3, -0.25) is 0 Å². The summed E-state index contributed by atoms with van der Waals surface area (Å²) in [5.41, 5.74) is 6.00. The topological polar surface area (TPSA) is 63.8 Å². The maximum Gasteiger partial charge on any atom is 0.148 e. The molecule has 82 valence electrons. The van der Waals surface area contributed by atoms with E-state index in [0.29, 0.717) is 16.7 Å². The molecule has 0 atom stereocenters. The molecule has 3 N–H and O–H groups in total. The summed E-state index contributed by atoms with van der Waals surface area (Å²) in [6.07, 6.45) is 1.32. The van der Waals surface area contributed by atoms with Crippen molar-refractivity contribution in [3.05, 3.63) is 41.6 Å². The Morgan fingerprint density at radius 3 is 2.75 bits per heavy atom. The molecule has 2 aromatic rings. The molecule has 16 heavy (non-hydrogen) atoms. The highest BCUT2D eigenvalue weighted by molar-refractivity contribution is 6.29. The van der Waals surface area contributed by atoms with E-state index in [9.17, 15) is 4.39 Å². The van der Waals surface area contributed by atoms with E-state index in [2.05, 4.69) is 15.3 Å². The van der Waals surface area contributed by atoms with Crippen LogP contribution in [0.5, 0.6) is 0 Å². The van der Waals surface area contributed by atoms with Crippen LogP contribution < -0.4 is 11.1 Å². The van der Waals surface area contributed by atoms with Gasteiger partial charge in [0.2, 0.25) is 0 Å². The summed E-state index contributed by atoms with van der Waals surface area (Å²) in [5.74, 6) is 0.00863. The van der Waals surface area contributed by atoms with Crippen molar-refractivity contribution in [2.24, 2.45) is 0 Å². The van der Waals surface area contributed by atoms with Crippen molar-refractivity contribution in [1.82, 2.24) is 9.97 Å². The number of nitrogens with zero attached hydrogens (tertiary/aromatic N) is 2. The molecule has 0 bridgehead atoms. The molecule has 0 amide bonds. The van der Waals surface area contributed by atoms with Gasteiger partial charge in [-0.05, 0) is 18.2 Å². The smallest absolute Gasteiger partial charge is 0.148 e. The molecule has 0 radical (unpaired) electrons. The van der Waals surface area contributed by atoms with Gasteiger partial charge >= 0.3 is 0 Å². The SMILES string of the molecule is Nc1ccc(Nc2cc(Cl)ncn2)cc1F. The highest BCUT2D eigenvalue weighted by atomic mass is 35.5. The van der Waals surface area contributed by atoms with Crippen molar-refractivity contribution in [3.63, 3.8) is 0 Å². The number of hydrogen-bond acceptors (Lipinski definition) is 4. The van der Waals surface area contributed by atoms with E-state index >= 15 is 0 Å². The number of benzene rings is 1. The second kappa shape index (κ2) is 4.32. The van der Waals surface area contributed by atoms with Gasteiger partial charge in [0, 0.05) is 11.8 Å². The van der Waals surface area contributed by atoms with Crippen LogP contribution in [0.2, 0.25) is 5.15 Å². The molecule has 1 aromatic heterocycles. The van der Waals surface area contributed by atoms with Crippen molar-refractivity contribution in [2.75, 3.05) is 11.1 Å². The van der Waals surface area contributed by atoms with Gasteiger partial charge in [0.15, 0.2) is 0 Å². The Bertz CT molecular complexity index is 518. The number of nitrogen functional groups attached to an aromatic ring is 1. The van der Waals surface area contributed by atoms with Crippen molar-refractivity contribution in [1.29, 1.82) is 0 Å². The minimum atomic E-state index is -0.481. The molecule has 6 heteroatoms. The zero-order valence-corrected chi connectivity index (χ0v) is 8.87. The third-order valence-corrected chi connectivity index (χ3v) is 2.11. The lowest BCUT2D eigenvalue weighted by atomic mass is 10.2. The third kappa shape index (κ3) is 2.38. The summed E-state index contributed by atoms with van der Waals surface area (Å²) in [6, 6.07) is 5.94. The molecular formula is C10H8ClFN4. The largest absolute Gasteiger partial charge is 0.396 e. The summed E-state index contributed by atoms with van der Waals surface area (Å²) >= 11 is 5.68. The van der Waals surface area contributed by atoms with E-state index < -0.39 is 5.82 Å². The number of aromatic nitrogens is 2. The number of hydrogen-bond donors (Lipinski definition) is 2. The van der Waals surface area contributed by atoms with E-state index in [4.69, 9.17) is 17.3 Å².